The molecule has 3 heterocycles. The number of aromatic nitrogens is 1. The van der Waals surface area contributed by atoms with Crippen LogP contribution in [0.2, 0.25) is 0 Å². The average molecular weight is 892 g/mol. The highest BCUT2D eigenvalue weighted by Crippen LogP contribution is 2.41. The summed E-state index contributed by atoms with van der Waals surface area (Å²) in [6.07, 6.45) is 3.29. The summed E-state index contributed by atoms with van der Waals surface area (Å²) in [5.74, 6) is -1.55. The van der Waals surface area contributed by atoms with Crippen molar-refractivity contribution in [1.82, 2.24) is 15.2 Å². The lowest BCUT2D eigenvalue weighted by Gasteiger charge is -2.48. The molecule has 1 saturated heterocycles. The van der Waals surface area contributed by atoms with E-state index in [0.29, 0.717) is 16.6 Å². The second-order valence-electron chi connectivity index (χ2n) is 15.1. The molecule has 7 rings (SSSR count). The number of nitrogens with one attached hydrogen (secondary N) is 2. The minimum Gasteiger partial charge on any atom is -0.497 e. The van der Waals surface area contributed by atoms with Crippen molar-refractivity contribution in [3.8, 4) is 5.75 Å². The molecule has 5 aromatic rings. The number of benzene rings is 4. The Labute approximate surface area is 372 Å². The van der Waals surface area contributed by atoms with Crippen LogP contribution in [0, 0.1) is 0 Å². The second-order valence-corrected chi connectivity index (χ2v) is 18.0. The lowest BCUT2D eigenvalue weighted by atomic mass is 9.77. The zero-order valence-electron chi connectivity index (χ0n) is 34.6. The molecule has 1 fully saturated rings. The number of carbonyl (C=O) groups is 4. The Morgan fingerprint density at radius 2 is 1.50 bits per heavy atom. The van der Waals surface area contributed by atoms with Gasteiger partial charge in [-0.3, -0.25) is 14.5 Å². The molecule has 2 amide bonds. The van der Waals surface area contributed by atoms with Crippen LogP contribution in [0.15, 0.2) is 138 Å². The molecule has 320 valence electrons. The number of rotatable bonds is 16. The van der Waals surface area contributed by atoms with Gasteiger partial charge in [0, 0.05) is 11.1 Å². The van der Waals surface area contributed by atoms with Crippen molar-refractivity contribution in [3.05, 3.63) is 160 Å². The monoisotopic (exact) mass is 891 g/mol. The molecule has 0 spiro atoms. The van der Waals surface area contributed by atoms with Crippen LogP contribution in [0.25, 0.3) is 0 Å². The Hall–Kier alpha value is -6.10. The molecule has 0 unspecified atom stereocenters. The number of anilines is 1. The Kier molecular flexibility index (Phi) is 13.7. The fourth-order valence-corrected chi connectivity index (χ4v) is 9.22. The molecule has 2 aliphatic heterocycles. The van der Waals surface area contributed by atoms with Crippen LogP contribution in [0.5, 0.6) is 5.75 Å². The first-order chi connectivity index (χ1) is 29.9. The number of esters is 2. The number of nitrogens with zero attached hydrogens (tertiary/aromatic N) is 3. The quantitative estimate of drug-likeness (QED) is 0.0254. The summed E-state index contributed by atoms with van der Waals surface area (Å²) in [7, 11) is 1.57. The number of fused-ring (bicyclic) bond motifs is 1. The number of amides is 2. The minimum atomic E-state index is -1.22. The van der Waals surface area contributed by atoms with Crippen molar-refractivity contribution in [2.75, 3.05) is 24.4 Å². The topological polar surface area (TPSA) is 158 Å². The van der Waals surface area contributed by atoms with Crippen molar-refractivity contribution in [3.63, 3.8) is 0 Å². The highest BCUT2D eigenvalue weighted by Gasteiger charge is 2.53. The number of carbonyl (C=O) groups excluding carboxylic acids is 4. The Balaban J connectivity index is 1.16. The van der Waals surface area contributed by atoms with Crippen molar-refractivity contribution in [2.24, 2.45) is 5.16 Å². The molecule has 0 aliphatic carbocycles. The Morgan fingerprint density at radius 3 is 2.05 bits per heavy atom. The normalized spacial score (nSPS) is 16.8. The number of hydrogen-bond donors (Lipinski definition) is 2. The molecule has 2 N–H and O–H groups in total. The summed E-state index contributed by atoms with van der Waals surface area (Å²) < 4.78 is 16.3. The fraction of sp³-hybridized carbons (Fsp3) is 0.261. The number of ether oxygens (including phenoxy) is 3. The van der Waals surface area contributed by atoms with Gasteiger partial charge in [-0.1, -0.05) is 108 Å². The van der Waals surface area contributed by atoms with E-state index in [1.165, 1.54) is 28.0 Å². The molecule has 13 nitrogen and oxygen atoms in total. The minimum absolute atomic E-state index is 0.00597. The summed E-state index contributed by atoms with van der Waals surface area (Å²) >= 11 is 3.67. The first kappa shape index (κ1) is 44.0. The third kappa shape index (κ3) is 9.67. The number of oxime groups is 1. The first-order valence-electron chi connectivity index (χ1n) is 19.6. The lowest BCUT2D eigenvalue weighted by Crippen LogP contribution is -2.70. The van der Waals surface area contributed by atoms with Crippen molar-refractivity contribution in [2.45, 2.75) is 55.4 Å². The van der Waals surface area contributed by atoms with E-state index in [4.69, 9.17) is 24.0 Å². The standard InChI is InChI=1S/C46H45N5O8S3/c1-45(2,3)58-42(55)43(60-5)59-50-36(38(52)48-37-39(53)51-35(25-26-61-40(37)51)41(54)57-27-29-21-23-33(56-4)24-22-29)34-28-62-44(47-34)49-46(30-15-9-6-10-16-30,31-17-11-7-12-18-31)32-19-13-8-14-20-32/h6-25,28,37,40,43H,26-27H2,1-5H3,(H,47,49)(H,48,52)/b50-36-/t37-,40+,43-/m1/s1. The van der Waals surface area contributed by atoms with Gasteiger partial charge in [-0.25, -0.2) is 14.6 Å². The Bertz CT molecular complexity index is 2340. The van der Waals surface area contributed by atoms with Gasteiger partial charge in [0.2, 0.25) is 0 Å². The van der Waals surface area contributed by atoms with E-state index in [2.05, 4.69) is 15.8 Å². The van der Waals surface area contributed by atoms with Crippen molar-refractivity contribution >= 4 is 69.5 Å². The van der Waals surface area contributed by atoms with E-state index in [1.54, 1.807) is 69.9 Å². The van der Waals surface area contributed by atoms with Gasteiger partial charge in [-0.15, -0.1) is 34.9 Å². The fourth-order valence-electron chi connectivity index (χ4n) is 6.90. The molecule has 4 aromatic carbocycles. The number of β-lactam (4-membered cyclic amide) rings is 1. The maximum Gasteiger partial charge on any atom is 0.361 e. The predicted octanol–water partition coefficient (Wildman–Crippen LogP) is 7.33. The second kappa shape index (κ2) is 19.3. The summed E-state index contributed by atoms with van der Waals surface area (Å²) in [5.41, 5.74) is 0.591. The van der Waals surface area contributed by atoms with E-state index in [1.807, 2.05) is 91.0 Å². The SMILES string of the molecule is COc1ccc(COC(=O)C2=CCS[C@H]3[C@H](NC(=O)/C(=N\O[C@H](SC)C(=O)OC(C)(C)C)c4csc(NC(c5ccccc5)(c5ccccc5)c5ccccc5)n4)C(=O)N23)cc1. The van der Waals surface area contributed by atoms with E-state index in [9.17, 15) is 19.2 Å². The first-order valence-corrected chi connectivity index (χ1v) is 22.8. The molecule has 16 heteroatoms. The van der Waals surface area contributed by atoms with Crippen LogP contribution in [-0.4, -0.2) is 80.9 Å². The van der Waals surface area contributed by atoms with Gasteiger partial charge in [-0.2, -0.15) is 0 Å². The molecule has 0 radical (unpaired) electrons. The zero-order valence-corrected chi connectivity index (χ0v) is 37.1. The van der Waals surface area contributed by atoms with E-state index < -0.39 is 51.7 Å². The molecule has 62 heavy (non-hydrogen) atoms. The largest absolute Gasteiger partial charge is 0.497 e. The highest BCUT2D eigenvalue weighted by atomic mass is 32.2. The molecule has 2 aliphatic rings. The molecule has 3 atom stereocenters. The molecular formula is C46H45N5O8S3. The van der Waals surface area contributed by atoms with Gasteiger partial charge in [-0.05, 0) is 67.5 Å². The van der Waals surface area contributed by atoms with Crippen LogP contribution in [0.3, 0.4) is 0 Å². The van der Waals surface area contributed by atoms with Crippen LogP contribution < -0.4 is 15.4 Å². The molecule has 1 aromatic heterocycles. The zero-order chi connectivity index (χ0) is 43.9. The molecule has 0 saturated carbocycles. The predicted molar refractivity (Wildman–Crippen MR) is 242 cm³/mol. The van der Waals surface area contributed by atoms with Crippen LogP contribution in [0.1, 0.15) is 48.7 Å². The number of hydrogen-bond acceptors (Lipinski definition) is 14. The van der Waals surface area contributed by atoms with Crippen molar-refractivity contribution in [1.29, 1.82) is 0 Å². The average Bonchev–Trinajstić information content (AvgIpc) is 3.75. The Morgan fingerprint density at radius 1 is 0.903 bits per heavy atom. The van der Waals surface area contributed by atoms with Gasteiger partial charge < -0.3 is 29.7 Å². The number of thiazole rings is 1. The highest BCUT2D eigenvalue weighted by molar-refractivity contribution is 8.00. The summed E-state index contributed by atoms with van der Waals surface area (Å²) in [5, 5.41) is 12.2. The van der Waals surface area contributed by atoms with Crippen LogP contribution in [0.4, 0.5) is 5.13 Å². The third-order valence-corrected chi connectivity index (χ3v) is 12.4. The number of thioether (sulfide) groups is 2. The smallest absolute Gasteiger partial charge is 0.361 e. The maximum absolute atomic E-state index is 14.4. The summed E-state index contributed by atoms with van der Waals surface area (Å²) in [6, 6.07) is 36.0. The number of methoxy groups -OCH3 is 1. The van der Waals surface area contributed by atoms with E-state index in [-0.39, 0.29) is 23.7 Å². The summed E-state index contributed by atoms with van der Waals surface area (Å²) in [4.78, 5) is 66.3. The van der Waals surface area contributed by atoms with E-state index in [0.717, 1.165) is 34.0 Å². The van der Waals surface area contributed by atoms with Gasteiger partial charge in [0.15, 0.2) is 10.8 Å². The maximum atomic E-state index is 14.4. The van der Waals surface area contributed by atoms with E-state index >= 15 is 0 Å². The summed E-state index contributed by atoms with van der Waals surface area (Å²) in [6.45, 7) is 5.20. The van der Waals surface area contributed by atoms with Gasteiger partial charge >= 0.3 is 11.9 Å². The lowest BCUT2D eigenvalue weighted by molar-refractivity contribution is -0.162. The van der Waals surface area contributed by atoms with Crippen LogP contribution in [-0.2, 0) is 45.6 Å². The molecular weight excluding hydrogens is 847 g/mol. The third-order valence-electron chi connectivity index (χ3n) is 9.80. The van der Waals surface area contributed by atoms with Gasteiger partial charge in [0.05, 0.1) is 7.11 Å². The molecule has 0 bridgehead atoms. The van der Waals surface area contributed by atoms with Gasteiger partial charge in [0.1, 0.15) is 46.3 Å². The van der Waals surface area contributed by atoms with Crippen molar-refractivity contribution < 1.29 is 38.2 Å². The van der Waals surface area contributed by atoms with Crippen LogP contribution >= 0.6 is 34.9 Å². The van der Waals surface area contributed by atoms with Gasteiger partial charge in [0.25, 0.3) is 17.3 Å².